The van der Waals surface area contributed by atoms with Crippen molar-refractivity contribution in [3.63, 3.8) is 0 Å². The van der Waals surface area contributed by atoms with Crippen molar-refractivity contribution in [3.05, 3.63) is 45.7 Å². The van der Waals surface area contributed by atoms with E-state index in [9.17, 15) is 9.59 Å². The van der Waals surface area contributed by atoms with Crippen LogP contribution in [0.1, 0.15) is 17.5 Å². The number of ether oxygens (including phenoxy) is 1. The summed E-state index contributed by atoms with van der Waals surface area (Å²) in [7, 11) is 3.19. The summed E-state index contributed by atoms with van der Waals surface area (Å²) >= 11 is 7.13. The maximum atomic E-state index is 12.9. The number of methoxy groups -OCH3 is 1. The number of carbonyl (C=O) groups excluding carboxylic acids is 1. The zero-order valence-electron chi connectivity index (χ0n) is 16.4. The lowest BCUT2D eigenvalue weighted by Gasteiger charge is -2.25. The molecule has 1 aliphatic heterocycles. The van der Waals surface area contributed by atoms with Crippen LogP contribution in [0.4, 0.5) is 0 Å². The molecule has 8 heteroatoms. The van der Waals surface area contributed by atoms with Crippen molar-refractivity contribution in [2.45, 2.75) is 32.0 Å². The highest BCUT2D eigenvalue weighted by Crippen LogP contribution is 2.24. The van der Waals surface area contributed by atoms with E-state index in [-0.39, 0.29) is 11.5 Å². The molecule has 6 nitrogen and oxygen atoms in total. The first-order valence-electron chi connectivity index (χ1n) is 9.19. The second-order valence-corrected chi connectivity index (χ2v) is 8.27. The number of benzene rings is 1. The molecule has 3 rings (SSSR count). The Morgan fingerprint density at radius 3 is 2.96 bits per heavy atom. The van der Waals surface area contributed by atoms with Gasteiger partial charge in [0.1, 0.15) is 6.04 Å². The number of hydrogen-bond donors (Lipinski definition) is 1. The summed E-state index contributed by atoms with van der Waals surface area (Å²) in [6, 6.07) is 7.61. The van der Waals surface area contributed by atoms with Crippen molar-refractivity contribution >= 4 is 46.0 Å². The van der Waals surface area contributed by atoms with Gasteiger partial charge in [-0.2, -0.15) is 11.8 Å². The van der Waals surface area contributed by atoms with Crippen LogP contribution in [0, 0.1) is 0 Å². The summed E-state index contributed by atoms with van der Waals surface area (Å²) < 4.78 is 6.73. The fourth-order valence-corrected chi connectivity index (χ4v) is 4.23. The molecule has 1 aliphatic rings. The third-order valence-electron chi connectivity index (χ3n) is 5.02. The molecule has 0 aliphatic carbocycles. The molecule has 1 atom stereocenters. The predicted molar refractivity (Wildman–Crippen MR) is 118 cm³/mol. The fourth-order valence-electron chi connectivity index (χ4n) is 3.56. The molecule has 0 spiro atoms. The highest BCUT2D eigenvalue weighted by Gasteiger charge is 2.22. The first-order chi connectivity index (χ1) is 13.5. The van der Waals surface area contributed by atoms with E-state index in [4.69, 9.17) is 17.0 Å². The number of para-hydroxylation sites is 1. The molecular formula is C20H25N3O3S2. The maximum absolute atomic E-state index is 12.9. The largest absolute Gasteiger partial charge is 0.467 e. The molecule has 0 radical (unpaired) electrons. The number of hydrogen-bond acceptors (Lipinski definition) is 5. The number of esters is 1. The number of aromatic nitrogens is 1. The minimum Gasteiger partial charge on any atom is -0.467 e. The molecule has 0 unspecified atom stereocenters. The van der Waals surface area contributed by atoms with E-state index >= 15 is 0 Å². The number of pyridine rings is 1. The molecule has 0 saturated carbocycles. The first-order valence-corrected chi connectivity index (χ1v) is 11.0. The Bertz CT molecular complexity index is 958. The van der Waals surface area contributed by atoms with Gasteiger partial charge in [0.25, 0.3) is 5.56 Å². The van der Waals surface area contributed by atoms with Gasteiger partial charge in [-0.15, -0.1) is 0 Å². The number of carbonyl (C=O) groups is 1. The summed E-state index contributed by atoms with van der Waals surface area (Å²) in [6.07, 6.45) is 3.50. The van der Waals surface area contributed by atoms with Crippen molar-refractivity contribution in [2.24, 2.45) is 0 Å². The van der Waals surface area contributed by atoms with E-state index in [0.717, 1.165) is 23.1 Å². The second kappa shape index (κ2) is 8.96. The van der Waals surface area contributed by atoms with Gasteiger partial charge in [0.05, 0.1) is 19.2 Å². The van der Waals surface area contributed by atoms with E-state index in [1.54, 1.807) is 16.7 Å². The SMILES string of the molecule is COC(=O)[C@H](CCSC)NC(=S)N(C)Cc1cc2cccc3c2n(c1=O)CC3. The molecule has 0 saturated heterocycles. The van der Waals surface area contributed by atoms with Crippen molar-refractivity contribution < 1.29 is 9.53 Å². The lowest BCUT2D eigenvalue weighted by Crippen LogP contribution is -2.47. The molecule has 0 amide bonds. The second-order valence-electron chi connectivity index (χ2n) is 6.89. The molecule has 1 aromatic carbocycles. The van der Waals surface area contributed by atoms with Crippen LogP contribution in [0.25, 0.3) is 10.9 Å². The van der Waals surface area contributed by atoms with Crippen LogP contribution in [-0.2, 0) is 29.0 Å². The predicted octanol–water partition coefficient (Wildman–Crippen LogP) is 2.16. The molecule has 0 bridgehead atoms. The third kappa shape index (κ3) is 4.17. The Morgan fingerprint density at radius 1 is 1.46 bits per heavy atom. The molecular weight excluding hydrogens is 394 g/mol. The first kappa shape index (κ1) is 20.7. The van der Waals surface area contributed by atoms with Gasteiger partial charge in [0.15, 0.2) is 5.11 Å². The van der Waals surface area contributed by atoms with E-state index in [1.807, 2.05) is 36.1 Å². The smallest absolute Gasteiger partial charge is 0.328 e. The maximum Gasteiger partial charge on any atom is 0.328 e. The Hall–Kier alpha value is -2.06. The summed E-state index contributed by atoms with van der Waals surface area (Å²) in [5, 5.41) is 4.57. The summed E-state index contributed by atoms with van der Waals surface area (Å²) in [5.74, 6) is 0.480. The molecule has 150 valence electrons. The van der Waals surface area contributed by atoms with Crippen LogP contribution >= 0.6 is 24.0 Å². The number of thiocarbonyl (C=S) groups is 1. The van der Waals surface area contributed by atoms with E-state index in [1.165, 1.54) is 12.7 Å². The van der Waals surface area contributed by atoms with E-state index < -0.39 is 6.04 Å². The van der Waals surface area contributed by atoms with Crippen molar-refractivity contribution in [1.82, 2.24) is 14.8 Å². The van der Waals surface area contributed by atoms with Gasteiger partial charge < -0.3 is 19.5 Å². The minimum atomic E-state index is -0.495. The average Bonchev–Trinajstić information content (AvgIpc) is 3.13. The van der Waals surface area contributed by atoms with Crippen LogP contribution in [0.3, 0.4) is 0 Å². The van der Waals surface area contributed by atoms with Crippen LogP contribution in [0.2, 0.25) is 0 Å². The normalized spacial score (nSPS) is 13.4. The zero-order chi connectivity index (χ0) is 20.3. The standard InChI is InChI=1S/C20H25N3O3S2/c1-22(20(27)21-16(8-10-28-3)19(25)26-2)12-15-11-14-6-4-5-13-7-9-23(17(13)14)18(15)24/h4-6,11,16H,7-10,12H2,1-3H3,(H,21,27)/t16-/m0/s1. The Kier molecular flexibility index (Phi) is 6.61. The molecule has 1 N–H and O–H groups in total. The number of thioether (sulfide) groups is 1. The molecule has 2 aromatic rings. The molecule has 2 heterocycles. The van der Waals surface area contributed by atoms with Gasteiger partial charge in [0, 0.05) is 19.2 Å². The minimum absolute atomic E-state index is 0.0269. The average molecular weight is 420 g/mol. The topological polar surface area (TPSA) is 63.6 Å². The van der Waals surface area contributed by atoms with Crippen molar-refractivity contribution in [2.75, 3.05) is 26.2 Å². The highest BCUT2D eigenvalue weighted by atomic mass is 32.2. The fraction of sp³-hybridized carbons (Fsp3) is 0.450. The monoisotopic (exact) mass is 419 g/mol. The van der Waals surface area contributed by atoms with Crippen LogP contribution < -0.4 is 10.9 Å². The van der Waals surface area contributed by atoms with Gasteiger partial charge in [-0.3, -0.25) is 4.79 Å². The van der Waals surface area contributed by atoms with Crippen LogP contribution in [-0.4, -0.2) is 52.8 Å². The molecule has 0 fully saturated rings. The summed E-state index contributed by atoms with van der Waals surface area (Å²) in [6.45, 7) is 1.09. The lowest BCUT2D eigenvalue weighted by atomic mass is 10.1. The molecule has 1 aromatic heterocycles. The Labute approximate surface area is 174 Å². The number of nitrogens with one attached hydrogen (secondary N) is 1. The zero-order valence-corrected chi connectivity index (χ0v) is 18.0. The van der Waals surface area contributed by atoms with Gasteiger partial charge in [-0.25, -0.2) is 4.79 Å². The number of nitrogens with zero attached hydrogens (tertiary/aromatic N) is 2. The van der Waals surface area contributed by atoms with Gasteiger partial charge >= 0.3 is 5.97 Å². The van der Waals surface area contributed by atoms with Gasteiger partial charge in [0.2, 0.25) is 0 Å². The van der Waals surface area contributed by atoms with Crippen LogP contribution in [0.5, 0.6) is 0 Å². The van der Waals surface area contributed by atoms with E-state index in [0.29, 0.717) is 30.2 Å². The quantitative estimate of drug-likeness (QED) is 0.545. The molecule has 28 heavy (non-hydrogen) atoms. The van der Waals surface area contributed by atoms with Gasteiger partial charge in [-0.05, 0) is 54.1 Å². The summed E-state index contributed by atoms with van der Waals surface area (Å²) in [5.41, 5.74) is 2.99. The lowest BCUT2D eigenvalue weighted by molar-refractivity contribution is -0.142. The van der Waals surface area contributed by atoms with Crippen molar-refractivity contribution in [1.29, 1.82) is 0 Å². The summed E-state index contributed by atoms with van der Waals surface area (Å²) in [4.78, 5) is 26.7. The van der Waals surface area contributed by atoms with E-state index in [2.05, 4.69) is 11.4 Å². The third-order valence-corrected chi connectivity index (χ3v) is 6.10. The number of aryl methyl sites for hydroxylation is 2. The van der Waals surface area contributed by atoms with Crippen molar-refractivity contribution in [3.8, 4) is 0 Å². The highest BCUT2D eigenvalue weighted by molar-refractivity contribution is 7.98. The Morgan fingerprint density at radius 2 is 2.25 bits per heavy atom. The Balaban J connectivity index is 1.77. The van der Waals surface area contributed by atoms with Gasteiger partial charge in [-0.1, -0.05) is 18.2 Å². The van der Waals surface area contributed by atoms with Crippen LogP contribution in [0.15, 0.2) is 29.1 Å². The number of rotatable bonds is 7.